The lowest BCUT2D eigenvalue weighted by Crippen LogP contribution is -2.43. The summed E-state index contributed by atoms with van der Waals surface area (Å²) in [6.07, 6.45) is 5.78. The molecule has 2 heteroatoms. The Hall–Kier alpha value is 0.310. The lowest BCUT2D eigenvalue weighted by atomic mass is 9.70. The van der Waals surface area contributed by atoms with E-state index in [-0.39, 0.29) is 0 Å². The molecule has 0 aromatic carbocycles. The molecule has 2 unspecified atom stereocenters. The Bertz CT molecular complexity index is 230. The van der Waals surface area contributed by atoms with E-state index in [2.05, 4.69) is 44.8 Å². The standard InChI is InChI=1S/C15H29NS/c1-11-9-16-14(17-10-11)12-5-7-13(8-6-12)15(2,3)4/h11-14,16H,5-10H2,1-4H3. The van der Waals surface area contributed by atoms with E-state index in [1.807, 2.05) is 0 Å². The van der Waals surface area contributed by atoms with Gasteiger partial charge in [-0.25, -0.2) is 0 Å². The molecular weight excluding hydrogens is 226 g/mol. The Morgan fingerprint density at radius 3 is 2.18 bits per heavy atom. The van der Waals surface area contributed by atoms with E-state index < -0.39 is 0 Å². The van der Waals surface area contributed by atoms with E-state index in [4.69, 9.17) is 0 Å². The summed E-state index contributed by atoms with van der Waals surface area (Å²) in [6, 6.07) is 0. The molecule has 1 saturated heterocycles. The second-order valence-electron chi connectivity index (χ2n) is 7.25. The van der Waals surface area contributed by atoms with Crippen LogP contribution in [-0.4, -0.2) is 17.7 Å². The number of thioether (sulfide) groups is 1. The van der Waals surface area contributed by atoms with Crippen molar-refractivity contribution in [1.82, 2.24) is 5.32 Å². The van der Waals surface area contributed by atoms with Gasteiger partial charge in [0.2, 0.25) is 0 Å². The van der Waals surface area contributed by atoms with Crippen molar-refractivity contribution >= 4 is 11.8 Å². The summed E-state index contributed by atoms with van der Waals surface area (Å²) >= 11 is 2.18. The van der Waals surface area contributed by atoms with Crippen molar-refractivity contribution in [3.8, 4) is 0 Å². The molecule has 17 heavy (non-hydrogen) atoms. The first kappa shape index (κ1) is 13.7. The van der Waals surface area contributed by atoms with E-state index in [1.165, 1.54) is 38.0 Å². The number of hydrogen-bond acceptors (Lipinski definition) is 2. The van der Waals surface area contributed by atoms with Crippen molar-refractivity contribution in [2.75, 3.05) is 12.3 Å². The maximum Gasteiger partial charge on any atom is 0.0560 e. The Morgan fingerprint density at radius 2 is 1.71 bits per heavy atom. The van der Waals surface area contributed by atoms with Crippen LogP contribution >= 0.6 is 11.8 Å². The lowest BCUT2D eigenvalue weighted by Gasteiger charge is -2.41. The molecule has 1 nitrogen and oxygen atoms in total. The van der Waals surface area contributed by atoms with E-state index >= 15 is 0 Å². The predicted molar refractivity (Wildman–Crippen MR) is 78.3 cm³/mol. The van der Waals surface area contributed by atoms with Crippen LogP contribution in [-0.2, 0) is 0 Å². The summed E-state index contributed by atoms with van der Waals surface area (Å²) in [5, 5.41) is 4.51. The Kier molecular flexibility index (Phi) is 4.46. The van der Waals surface area contributed by atoms with Crippen molar-refractivity contribution in [1.29, 1.82) is 0 Å². The first-order valence-corrected chi connectivity index (χ1v) is 8.36. The normalized spacial score (nSPS) is 40.2. The van der Waals surface area contributed by atoms with Crippen molar-refractivity contribution in [3.63, 3.8) is 0 Å². The van der Waals surface area contributed by atoms with Crippen LogP contribution < -0.4 is 5.32 Å². The SMILES string of the molecule is CC1CNC(C2CCC(C(C)(C)C)CC2)SC1. The third-order valence-electron chi connectivity index (χ3n) is 4.65. The molecule has 0 radical (unpaired) electrons. The molecule has 2 rings (SSSR count). The summed E-state index contributed by atoms with van der Waals surface area (Å²) in [6.45, 7) is 10.8. The van der Waals surface area contributed by atoms with Gasteiger partial charge in [0.25, 0.3) is 0 Å². The average molecular weight is 255 g/mol. The molecule has 1 N–H and O–H groups in total. The van der Waals surface area contributed by atoms with Crippen molar-refractivity contribution in [2.45, 2.75) is 58.8 Å². The van der Waals surface area contributed by atoms with Crippen molar-refractivity contribution in [3.05, 3.63) is 0 Å². The molecule has 1 aliphatic carbocycles. The highest BCUT2D eigenvalue weighted by Gasteiger charge is 2.34. The van der Waals surface area contributed by atoms with E-state index in [9.17, 15) is 0 Å². The molecule has 0 aromatic heterocycles. The van der Waals surface area contributed by atoms with Crippen LogP contribution in [0.3, 0.4) is 0 Å². The minimum absolute atomic E-state index is 0.520. The highest BCUT2D eigenvalue weighted by atomic mass is 32.2. The van der Waals surface area contributed by atoms with Gasteiger partial charge in [0.05, 0.1) is 5.37 Å². The van der Waals surface area contributed by atoms with E-state index in [0.29, 0.717) is 5.41 Å². The van der Waals surface area contributed by atoms with Gasteiger partial charge >= 0.3 is 0 Å². The van der Waals surface area contributed by atoms with Crippen LogP contribution in [0.25, 0.3) is 0 Å². The zero-order valence-corrected chi connectivity index (χ0v) is 12.8. The third-order valence-corrected chi connectivity index (χ3v) is 6.32. The predicted octanol–water partition coefficient (Wildman–Crippen LogP) is 4.14. The molecule has 2 aliphatic rings. The number of rotatable bonds is 1. The summed E-state index contributed by atoms with van der Waals surface area (Å²) in [5.74, 6) is 4.11. The highest BCUT2D eigenvalue weighted by Crippen LogP contribution is 2.42. The Labute approximate surface area is 112 Å². The zero-order valence-electron chi connectivity index (χ0n) is 12.0. The van der Waals surface area contributed by atoms with Gasteiger partial charge in [-0.15, -0.1) is 11.8 Å². The monoisotopic (exact) mass is 255 g/mol. The second-order valence-corrected chi connectivity index (χ2v) is 8.42. The average Bonchev–Trinajstić information content (AvgIpc) is 2.29. The van der Waals surface area contributed by atoms with Gasteiger partial charge in [-0.3, -0.25) is 0 Å². The van der Waals surface area contributed by atoms with Crippen LogP contribution in [0.2, 0.25) is 0 Å². The van der Waals surface area contributed by atoms with Crippen molar-refractivity contribution in [2.24, 2.45) is 23.2 Å². The number of hydrogen-bond donors (Lipinski definition) is 1. The lowest BCUT2D eigenvalue weighted by molar-refractivity contribution is 0.144. The third kappa shape index (κ3) is 3.64. The van der Waals surface area contributed by atoms with Gasteiger partial charge in [0.1, 0.15) is 0 Å². The molecule has 1 aliphatic heterocycles. The molecule has 1 saturated carbocycles. The molecule has 100 valence electrons. The van der Waals surface area contributed by atoms with E-state index in [1.54, 1.807) is 0 Å². The molecule has 2 fully saturated rings. The molecule has 0 amide bonds. The summed E-state index contributed by atoms with van der Waals surface area (Å²) in [7, 11) is 0. The van der Waals surface area contributed by atoms with Gasteiger partial charge in [0, 0.05) is 0 Å². The largest absolute Gasteiger partial charge is 0.305 e. The van der Waals surface area contributed by atoms with Crippen LogP contribution in [0.1, 0.15) is 53.4 Å². The second kappa shape index (κ2) is 5.52. The zero-order chi connectivity index (χ0) is 12.5. The fourth-order valence-corrected chi connectivity index (χ4v) is 4.71. The topological polar surface area (TPSA) is 12.0 Å². The molecule has 2 atom stereocenters. The molecule has 0 spiro atoms. The molecule has 0 aromatic rings. The maximum absolute atomic E-state index is 3.76. The summed E-state index contributed by atoms with van der Waals surface area (Å²) in [5.41, 5.74) is 0.520. The summed E-state index contributed by atoms with van der Waals surface area (Å²) < 4.78 is 0. The highest BCUT2D eigenvalue weighted by molar-refractivity contribution is 7.99. The Balaban J connectivity index is 1.79. The van der Waals surface area contributed by atoms with Crippen molar-refractivity contribution < 1.29 is 0 Å². The maximum atomic E-state index is 3.76. The molecular formula is C15H29NS. The van der Waals surface area contributed by atoms with Gasteiger partial charge < -0.3 is 5.32 Å². The first-order valence-electron chi connectivity index (χ1n) is 7.32. The summed E-state index contributed by atoms with van der Waals surface area (Å²) in [4.78, 5) is 0. The van der Waals surface area contributed by atoms with Gasteiger partial charge in [-0.05, 0) is 61.1 Å². The fraction of sp³-hybridized carbons (Fsp3) is 1.00. The quantitative estimate of drug-likeness (QED) is 0.756. The Morgan fingerprint density at radius 1 is 1.06 bits per heavy atom. The van der Waals surface area contributed by atoms with Crippen LogP contribution in [0.4, 0.5) is 0 Å². The smallest absolute Gasteiger partial charge is 0.0560 e. The van der Waals surface area contributed by atoms with Crippen LogP contribution in [0, 0.1) is 23.2 Å². The minimum atomic E-state index is 0.520. The molecule has 1 heterocycles. The van der Waals surface area contributed by atoms with Gasteiger partial charge in [-0.1, -0.05) is 27.7 Å². The number of nitrogens with one attached hydrogen (secondary N) is 1. The van der Waals surface area contributed by atoms with E-state index in [0.717, 1.165) is 23.1 Å². The first-order chi connectivity index (χ1) is 7.97. The van der Waals surface area contributed by atoms with Gasteiger partial charge in [0.15, 0.2) is 0 Å². The van der Waals surface area contributed by atoms with Crippen LogP contribution in [0.15, 0.2) is 0 Å². The fourth-order valence-electron chi connectivity index (χ4n) is 3.29. The minimum Gasteiger partial charge on any atom is -0.305 e. The molecule has 0 bridgehead atoms. The van der Waals surface area contributed by atoms with Gasteiger partial charge in [-0.2, -0.15) is 0 Å². The van der Waals surface area contributed by atoms with Crippen LogP contribution in [0.5, 0.6) is 0 Å².